The van der Waals surface area contributed by atoms with E-state index in [1.54, 1.807) is 12.1 Å². The van der Waals surface area contributed by atoms with Gasteiger partial charge in [-0.3, -0.25) is 4.99 Å². The minimum absolute atomic E-state index is 0. The Balaban J connectivity index is 0.00000144. The number of aliphatic imine (C=N–C) groups is 1. The first-order valence-electron chi connectivity index (χ1n) is 7.31. The molecule has 130 valence electrons. The zero-order valence-corrected chi connectivity index (χ0v) is 15.9. The van der Waals surface area contributed by atoms with Crippen LogP contribution in [0.25, 0.3) is 0 Å². The van der Waals surface area contributed by atoms with Gasteiger partial charge in [-0.05, 0) is 50.3 Å². The van der Waals surface area contributed by atoms with E-state index in [0.29, 0.717) is 16.3 Å². The SMILES string of the molecule is CN(C)CC1Cc2ccc(Cl)cc2C(c2ccccc2F)=N1.Cl.Cl. The van der Waals surface area contributed by atoms with Gasteiger partial charge in [0.1, 0.15) is 5.82 Å². The zero-order chi connectivity index (χ0) is 15.7. The van der Waals surface area contributed by atoms with Crippen molar-refractivity contribution < 1.29 is 4.39 Å². The van der Waals surface area contributed by atoms with Crippen LogP contribution in [0.1, 0.15) is 16.7 Å². The van der Waals surface area contributed by atoms with Crippen molar-refractivity contribution in [3.8, 4) is 0 Å². The fourth-order valence-corrected chi connectivity index (χ4v) is 3.07. The monoisotopic (exact) mass is 388 g/mol. The summed E-state index contributed by atoms with van der Waals surface area (Å²) in [6.07, 6.45) is 0.850. The Labute approximate surface area is 159 Å². The van der Waals surface area contributed by atoms with Crippen LogP contribution in [0.2, 0.25) is 5.02 Å². The summed E-state index contributed by atoms with van der Waals surface area (Å²) in [6, 6.07) is 12.7. The lowest BCUT2D eigenvalue weighted by Gasteiger charge is -2.26. The lowest BCUT2D eigenvalue weighted by Crippen LogP contribution is -2.31. The summed E-state index contributed by atoms with van der Waals surface area (Å²) in [4.78, 5) is 6.92. The Hall–Kier alpha value is -1.13. The number of fused-ring (bicyclic) bond motifs is 1. The van der Waals surface area contributed by atoms with E-state index in [0.717, 1.165) is 18.5 Å². The maximum Gasteiger partial charge on any atom is 0.132 e. The van der Waals surface area contributed by atoms with E-state index in [1.807, 2.05) is 38.4 Å². The molecule has 6 heteroatoms. The second kappa shape index (κ2) is 8.82. The predicted molar refractivity (Wildman–Crippen MR) is 104 cm³/mol. The molecule has 2 aromatic carbocycles. The van der Waals surface area contributed by atoms with Crippen LogP contribution in [0.3, 0.4) is 0 Å². The molecule has 0 aliphatic carbocycles. The molecule has 0 radical (unpaired) electrons. The molecule has 1 aliphatic heterocycles. The molecule has 0 fully saturated rings. The van der Waals surface area contributed by atoms with Crippen molar-refractivity contribution in [1.29, 1.82) is 0 Å². The zero-order valence-electron chi connectivity index (χ0n) is 13.5. The molecule has 2 nitrogen and oxygen atoms in total. The standard InChI is InChI=1S/C18H18ClFN2.2ClH/c1-22(2)11-14-9-12-7-8-13(19)10-16(12)18(21-14)15-5-3-4-6-17(15)20;;/h3-8,10,14H,9,11H2,1-2H3;2*1H. The molecule has 1 heterocycles. The van der Waals surface area contributed by atoms with Gasteiger partial charge in [0, 0.05) is 22.7 Å². The molecular formula is C18H20Cl3FN2. The highest BCUT2D eigenvalue weighted by Crippen LogP contribution is 2.27. The van der Waals surface area contributed by atoms with Crippen LogP contribution in [0.5, 0.6) is 0 Å². The number of rotatable bonds is 3. The second-order valence-electron chi connectivity index (χ2n) is 5.88. The number of halogens is 4. The van der Waals surface area contributed by atoms with Gasteiger partial charge in [0.05, 0.1) is 11.8 Å². The normalized spacial score (nSPS) is 15.9. The average Bonchev–Trinajstić information content (AvgIpc) is 2.47. The summed E-state index contributed by atoms with van der Waals surface area (Å²) in [6.45, 7) is 0.833. The highest BCUT2D eigenvalue weighted by atomic mass is 35.5. The second-order valence-corrected chi connectivity index (χ2v) is 6.32. The van der Waals surface area contributed by atoms with Crippen LogP contribution >= 0.6 is 36.4 Å². The van der Waals surface area contributed by atoms with E-state index < -0.39 is 0 Å². The molecule has 0 spiro atoms. The minimum atomic E-state index is -0.252. The Bertz CT molecular complexity index is 732. The maximum atomic E-state index is 14.2. The van der Waals surface area contributed by atoms with E-state index in [-0.39, 0.29) is 36.7 Å². The fraction of sp³-hybridized carbons (Fsp3) is 0.278. The molecule has 24 heavy (non-hydrogen) atoms. The first kappa shape index (κ1) is 20.9. The lowest BCUT2D eigenvalue weighted by atomic mass is 9.90. The summed E-state index contributed by atoms with van der Waals surface area (Å²) in [5, 5.41) is 0.647. The summed E-state index contributed by atoms with van der Waals surface area (Å²) in [5.74, 6) is -0.252. The first-order chi connectivity index (χ1) is 10.5. The molecule has 3 rings (SSSR count). The Morgan fingerprint density at radius 2 is 1.83 bits per heavy atom. The molecule has 0 amide bonds. The summed E-state index contributed by atoms with van der Waals surface area (Å²) < 4.78 is 14.2. The molecule has 1 aliphatic rings. The summed E-state index contributed by atoms with van der Waals surface area (Å²) in [5.41, 5.74) is 3.35. The van der Waals surface area contributed by atoms with Gasteiger partial charge in [0.15, 0.2) is 0 Å². The van der Waals surface area contributed by atoms with Crippen molar-refractivity contribution >= 4 is 42.1 Å². The van der Waals surface area contributed by atoms with Crippen LogP contribution in [0.4, 0.5) is 4.39 Å². The lowest BCUT2D eigenvalue weighted by molar-refractivity contribution is 0.371. The Morgan fingerprint density at radius 3 is 2.50 bits per heavy atom. The largest absolute Gasteiger partial charge is 0.307 e. The molecule has 2 aromatic rings. The van der Waals surface area contributed by atoms with Crippen LogP contribution in [-0.2, 0) is 6.42 Å². The van der Waals surface area contributed by atoms with Crippen LogP contribution < -0.4 is 0 Å². The third kappa shape index (κ3) is 4.48. The van der Waals surface area contributed by atoms with E-state index in [9.17, 15) is 4.39 Å². The molecule has 0 N–H and O–H groups in total. The number of benzene rings is 2. The number of hydrogen-bond acceptors (Lipinski definition) is 2. The Kier molecular flexibility index (Phi) is 7.68. The van der Waals surface area contributed by atoms with Gasteiger partial charge in [0.2, 0.25) is 0 Å². The molecule has 1 unspecified atom stereocenters. The first-order valence-corrected chi connectivity index (χ1v) is 7.68. The van der Waals surface area contributed by atoms with Crippen molar-refractivity contribution in [2.75, 3.05) is 20.6 Å². The molecular weight excluding hydrogens is 370 g/mol. The molecule has 0 aromatic heterocycles. The van der Waals surface area contributed by atoms with Gasteiger partial charge < -0.3 is 4.90 Å². The minimum Gasteiger partial charge on any atom is -0.307 e. The highest BCUT2D eigenvalue weighted by Gasteiger charge is 2.24. The van der Waals surface area contributed by atoms with E-state index in [4.69, 9.17) is 16.6 Å². The number of hydrogen-bond donors (Lipinski definition) is 0. The number of nitrogens with zero attached hydrogens (tertiary/aromatic N) is 2. The van der Waals surface area contributed by atoms with Gasteiger partial charge in [-0.15, -0.1) is 24.8 Å². The summed E-state index contributed by atoms with van der Waals surface area (Å²) in [7, 11) is 4.05. The average molecular weight is 390 g/mol. The third-order valence-electron chi connectivity index (χ3n) is 3.80. The maximum absolute atomic E-state index is 14.2. The molecule has 0 saturated carbocycles. The van der Waals surface area contributed by atoms with Crippen LogP contribution in [0, 0.1) is 5.82 Å². The van der Waals surface area contributed by atoms with Gasteiger partial charge in [-0.1, -0.05) is 29.8 Å². The Morgan fingerprint density at radius 1 is 1.12 bits per heavy atom. The van der Waals surface area contributed by atoms with Gasteiger partial charge in [-0.25, -0.2) is 4.39 Å². The van der Waals surface area contributed by atoms with E-state index in [1.165, 1.54) is 11.6 Å². The predicted octanol–water partition coefficient (Wildman–Crippen LogP) is 4.65. The van der Waals surface area contributed by atoms with Gasteiger partial charge >= 0.3 is 0 Å². The number of likely N-dealkylation sites (N-methyl/N-ethyl adjacent to an activating group) is 1. The quantitative estimate of drug-likeness (QED) is 0.746. The summed E-state index contributed by atoms with van der Waals surface area (Å²) >= 11 is 6.13. The van der Waals surface area contributed by atoms with Gasteiger partial charge in [0.25, 0.3) is 0 Å². The van der Waals surface area contributed by atoms with Crippen LogP contribution in [0.15, 0.2) is 47.5 Å². The van der Waals surface area contributed by atoms with E-state index in [2.05, 4.69) is 4.90 Å². The van der Waals surface area contributed by atoms with E-state index >= 15 is 0 Å². The highest BCUT2D eigenvalue weighted by molar-refractivity contribution is 6.31. The molecule has 1 atom stereocenters. The fourth-order valence-electron chi connectivity index (χ4n) is 2.89. The smallest absolute Gasteiger partial charge is 0.132 e. The van der Waals surface area contributed by atoms with Crippen molar-refractivity contribution in [2.45, 2.75) is 12.5 Å². The van der Waals surface area contributed by atoms with Crippen molar-refractivity contribution in [2.24, 2.45) is 4.99 Å². The topological polar surface area (TPSA) is 15.6 Å². The van der Waals surface area contributed by atoms with Gasteiger partial charge in [-0.2, -0.15) is 0 Å². The molecule has 0 bridgehead atoms. The van der Waals surface area contributed by atoms with Crippen molar-refractivity contribution in [1.82, 2.24) is 4.90 Å². The molecule has 0 saturated heterocycles. The third-order valence-corrected chi connectivity index (χ3v) is 4.03. The van der Waals surface area contributed by atoms with Crippen LogP contribution in [-0.4, -0.2) is 37.3 Å². The van der Waals surface area contributed by atoms with Crippen molar-refractivity contribution in [3.63, 3.8) is 0 Å². The van der Waals surface area contributed by atoms with Crippen molar-refractivity contribution in [3.05, 3.63) is 70.0 Å².